The van der Waals surface area contributed by atoms with Crippen LogP contribution in [-0.4, -0.2) is 44.9 Å². The molecule has 0 spiro atoms. The molecule has 1 aromatic heterocycles. The number of aromatic nitrogens is 1. The molecule has 2 heterocycles. The number of hydrogen-bond donors (Lipinski definition) is 3. The van der Waals surface area contributed by atoms with E-state index < -0.39 is 30.0 Å². The highest BCUT2D eigenvalue weighted by Crippen LogP contribution is 2.41. The lowest BCUT2D eigenvalue weighted by Crippen LogP contribution is -2.63. The van der Waals surface area contributed by atoms with Crippen molar-refractivity contribution in [3.05, 3.63) is 52.3 Å². The Kier molecular flexibility index (Phi) is 7.24. The van der Waals surface area contributed by atoms with E-state index in [9.17, 15) is 18.7 Å². The summed E-state index contributed by atoms with van der Waals surface area (Å²) >= 11 is 12.8. The first-order valence-corrected chi connectivity index (χ1v) is 10.9. The van der Waals surface area contributed by atoms with Gasteiger partial charge in [0.25, 0.3) is 5.92 Å². The van der Waals surface area contributed by atoms with Gasteiger partial charge in [-0.3, -0.25) is 20.1 Å². The van der Waals surface area contributed by atoms with Crippen LogP contribution in [0.2, 0.25) is 10.0 Å². The molecule has 4 rings (SSSR count). The highest BCUT2D eigenvalue weighted by atomic mass is 35.5. The molecule has 33 heavy (non-hydrogen) atoms. The molecular weight excluding hydrogens is 497 g/mol. The molecule has 178 valence electrons. The lowest BCUT2D eigenvalue weighted by atomic mass is 9.83. The standard InChI is InChI=1S/C22H22Cl2F2N4O2.ClH/c1-21(16-4-2-3-15(19(16)24)12-7-13(23)11-28-10-12)9-18(32)30(20(27)29-21)14-5-6-22(25,26)17(31)8-14;/h2-4,7,10-11,14,17,31H,5-6,8-9H2,1H3,(H2,27,29);1H/t14-,17-,21+;/m1./s1. The highest BCUT2D eigenvalue weighted by Gasteiger charge is 2.49. The monoisotopic (exact) mass is 518 g/mol. The molecule has 6 nitrogen and oxygen atoms in total. The molecule has 2 aromatic rings. The average Bonchev–Trinajstić information content (AvgIpc) is 2.70. The topological polar surface area (TPSA) is 89.3 Å². The van der Waals surface area contributed by atoms with Crippen LogP contribution in [0.15, 0.2) is 36.7 Å². The van der Waals surface area contributed by atoms with Gasteiger partial charge in [0.15, 0.2) is 5.96 Å². The zero-order valence-corrected chi connectivity index (χ0v) is 19.9. The number of nitrogens with one attached hydrogen (secondary N) is 2. The Bertz CT molecular complexity index is 1070. The Morgan fingerprint density at radius 2 is 2.03 bits per heavy atom. The summed E-state index contributed by atoms with van der Waals surface area (Å²) < 4.78 is 27.3. The van der Waals surface area contributed by atoms with Gasteiger partial charge in [-0.2, -0.15) is 0 Å². The van der Waals surface area contributed by atoms with Crippen LogP contribution in [0.4, 0.5) is 8.78 Å². The van der Waals surface area contributed by atoms with E-state index in [0.717, 1.165) is 0 Å². The highest BCUT2D eigenvalue weighted by molar-refractivity contribution is 6.34. The van der Waals surface area contributed by atoms with Crippen LogP contribution >= 0.6 is 35.6 Å². The minimum atomic E-state index is -3.18. The van der Waals surface area contributed by atoms with Gasteiger partial charge >= 0.3 is 0 Å². The normalized spacial score (nSPS) is 27.0. The van der Waals surface area contributed by atoms with Crippen LogP contribution in [-0.2, 0) is 10.3 Å². The van der Waals surface area contributed by atoms with Crippen LogP contribution in [0.25, 0.3) is 11.1 Å². The van der Waals surface area contributed by atoms with Gasteiger partial charge in [-0.15, -0.1) is 12.4 Å². The number of pyridine rings is 1. The molecule has 2 fully saturated rings. The van der Waals surface area contributed by atoms with E-state index in [2.05, 4.69) is 10.3 Å². The number of nitrogens with zero attached hydrogens (tertiary/aromatic N) is 2. The third-order valence-electron chi connectivity index (χ3n) is 6.18. The molecule has 1 aliphatic carbocycles. The lowest BCUT2D eigenvalue weighted by Gasteiger charge is -2.46. The van der Waals surface area contributed by atoms with E-state index >= 15 is 0 Å². The maximum absolute atomic E-state index is 13.7. The second kappa shape index (κ2) is 9.33. The second-order valence-corrected chi connectivity index (χ2v) is 9.32. The van der Waals surface area contributed by atoms with Crippen molar-refractivity contribution in [2.45, 2.75) is 56.2 Å². The minimum absolute atomic E-state index is 0. The van der Waals surface area contributed by atoms with Crippen LogP contribution in [0, 0.1) is 5.41 Å². The van der Waals surface area contributed by atoms with E-state index in [-0.39, 0.29) is 43.5 Å². The third-order valence-corrected chi connectivity index (χ3v) is 6.79. The fourth-order valence-electron chi connectivity index (χ4n) is 4.48. The van der Waals surface area contributed by atoms with E-state index in [0.29, 0.717) is 26.7 Å². The zero-order chi connectivity index (χ0) is 23.3. The molecule has 3 atom stereocenters. The summed E-state index contributed by atoms with van der Waals surface area (Å²) in [7, 11) is 0. The summed E-state index contributed by atoms with van der Waals surface area (Å²) in [6.45, 7) is 1.77. The van der Waals surface area contributed by atoms with Crippen molar-refractivity contribution in [1.29, 1.82) is 5.41 Å². The first-order chi connectivity index (χ1) is 15.0. The fraction of sp³-hybridized carbons (Fsp3) is 0.409. The summed E-state index contributed by atoms with van der Waals surface area (Å²) in [5.41, 5.74) is 1.02. The van der Waals surface area contributed by atoms with Crippen molar-refractivity contribution >= 4 is 47.5 Å². The van der Waals surface area contributed by atoms with Crippen molar-refractivity contribution in [1.82, 2.24) is 15.2 Å². The van der Waals surface area contributed by atoms with Crippen LogP contribution in [0.3, 0.4) is 0 Å². The Hall–Kier alpha value is -2.00. The van der Waals surface area contributed by atoms with Crippen LogP contribution in [0.1, 0.15) is 38.2 Å². The Balaban J connectivity index is 0.00000306. The number of amides is 1. The van der Waals surface area contributed by atoms with Gasteiger partial charge in [0.1, 0.15) is 6.10 Å². The predicted molar refractivity (Wildman–Crippen MR) is 125 cm³/mol. The minimum Gasteiger partial charge on any atom is -0.387 e. The number of carbonyl (C=O) groups excluding carboxylic acids is 1. The molecule has 0 unspecified atom stereocenters. The number of benzene rings is 1. The molecule has 1 aliphatic heterocycles. The third kappa shape index (κ3) is 4.80. The predicted octanol–water partition coefficient (Wildman–Crippen LogP) is 5.00. The Labute approximate surface area is 206 Å². The molecule has 3 N–H and O–H groups in total. The van der Waals surface area contributed by atoms with Gasteiger partial charge in [0, 0.05) is 42.4 Å². The Morgan fingerprint density at radius 3 is 2.67 bits per heavy atom. The van der Waals surface area contributed by atoms with Gasteiger partial charge in [-0.1, -0.05) is 41.4 Å². The quantitative estimate of drug-likeness (QED) is 0.533. The molecule has 1 aromatic carbocycles. The number of hydrogen-bond acceptors (Lipinski definition) is 4. The first-order valence-electron chi connectivity index (χ1n) is 10.2. The second-order valence-electron chi connectivity index (χ2n) is 8.51. The van der Waals surface area contributed by atoms with E-state index in [1.54, 1.807) is 31.3 Å². The molecular formula is C22H23Cl3F2N4O2. The van der Waals surface area contributed by atoms with Gasteiger partial charge in [-0.05, 0) is 25.0 Å². The SMILES string of the molecule is C[C@@]1(c2cccc(-c3cncc(Cl)c3)c2Cl)CC(=O)N([C@@H]2CCC(F)(F)[C@H](O)C2)C(=N)N1.Cl. The number of guanidine groups is 1. The summed E-state index contributed by atoms with van der Waals surface area (Å²) in [6.07, 6.45) is 0.468. The van der Waals surface area contributed by atoms with Crippen molar-refractivity contribution < 1.29 is 18.7 Å². The van der Waals surface area contributed by atoms with Crippen molar-refractivity contribution in [2.75, 3.05) is 0 Å². The summed E-state index contributed by atoms with van der Waals surface area (Å²) in [6, 6.07) is 6.45. The average molecular weight is 520 g/mol. The molecule has 1 saturated carbocycles. The summed E-state index contributed by atoms with van der Waals surface area (Å²) in [5, 5.41) is 22.1. The van der Waals surface area contributed by atoms with Crippen molar-refractivity contribution in [3.8, 4) is 11.1 Å². The largest absolute Gasteiger partial charge is 0.387 e. The smallest absolute Gasteiger partial charge is 0.273 e. The van der Waals surface area contributed by atoms with Crippen molar-refractivity contribution in [2.24, 2.45) is 0 Å². The van der Waals surface area contributed by atoms with Gasteiger partial charge in [0.05, 0.1) is 22.0 Å². The van der Waals surface area contributed by atoms with Gasteiger partial charge < -0.3 is 10.4 Å². The van der Waals surface area contributed by atoms with E-state index in [1.165, 1.54) is 11.1 Å². The number of carbonyl (C=O) groups is 1. The molecule has 1 saturated heterocycles. The Morgan fingerprint density at radius 1 is 1.30 bits per heavy atom. The number of aliphatic hydroxyl groups excluding tert-OH is 1. The molecule has 0 radical (unpaired) electrons. The fourth-order valence-corrected chi connectivity index (χ4v) is 5.09. The van der Waals surface area contributed by atoms with E-state index in [1.807, 2.05) is 6.07 Å². The number of halogens is 5. The number of rotatable bonds is 3. The summed E-state index contributed by atoms with van der Waals surface area (Å²) in [4.78, 5) is 18.3. The summed E-state index contributed by atoms with van der Waals surface area (Å²) in [5.74, 6) is -3.76. The maximum atomic E-state index is 13.7. The zero-order valence-electron chi connectivity index (χ0n) is 17.6. The van der Waals surface area contributed by atoms with Crippen LogP contribution < -0.4 is 5.32 Å². The van der Waals surface area contributed by atoms with E-state index in [4.69, 9.17) is 28.6 Å². The molecule has 2 aliphatic rings. The maximum Gasteiger partial charge on any atom is 0.273 e. The molecule has 0 bridgehead atoms. The van der Waals surface area contributed by atoms with Gasteiger partial charge in [-0.25, -0.2) is 8.78 Å². The van der Waals surface area contributed by atoms with Gasteiger partial charge in [0.2, 0.25) is 5.91 Å². The number of alkyl halides is 2. The number of aliphatic hydroxyl groups is 1. The lowest BCUT2D eigenvalue weighted by molar-refractivity contribution is -0.152. The van der Waals surface area contributed by atoms with Crippen LogP contribution in [0.5, 0.6) is 0 Å². The molecule has 1 amide bonds. The molecule has 11 heteroatoms. The first kappa shape index (κ1) is 25.6. The van der Waals surface area contributed by atoms with Crippen molar-refractivity contribution in [3.63, 3.8) is 0 Å².